The van der Waals surface area contributed by atoms with Crippen molar-refractivity contribution < 1.29 is 18.7 Å². The minimum atomic E-state index is -0.337. The molecule has 0 aliphatic carbocycles. The lowest BCUT2D eigenvalue weighted by molar-refractivity contribution is 0.0531. The smallest absolute Gasteiger partial charge is 0.350 e. The summed E-state index contributed by atoms with van der Waals surface area (Å²) in [7, 11) is 1.62. The molecule has 0 fully saturated rings. The number of benzene rings is 2. The maximum Gasteiger partial charge on any atom is 0.350 e. The average Bonchev–Trinajstić information content (AvgIpc) is 3.22. The molecule has 0 aliphatic heterocycles. The molecule has 6 heteroatoms. The van der Waals surface area contributed by atoms with Gasteiger partial charge in [0.2, 0.25) is 0 Å². The molecule has 2 heterocycles. The van der Waals surface area contributed by atoms with E-state index in [0.717, 1.165) is 26.9 Å². The Morgan fingerprint density at radius 1 is 1.23 bits per heavy atom. The number of methoxy groups -OCH3 is 1. The fourth-order valence-electron chi connectivity index (χ4n) is 3.04. The van der Waals surface area contributed by atoms with Crippen LogP contribution in [0, 0.1) is 6.92 Å². The Morgan fingerprint density at radius 2 is 2.04 bits per heavy atom. The van der Waals surface area contributed by atoms with Crippen molar-refractivity contribution in [3.05, 3.63) is 47.0 Å². The molecule has 0 spiro atoms. The number of rotatable bonds is 4. The van der Waals surface area contributed by atoms with E-state index in [9.17, 15) is 4.79 Å². The number of esters is 1. The van der Waals surface area contributed by atoms with E-state index in [1.165, 1.54) is 11.3 Å². The predicted molar refractivity (Wildman–Crippen MR) is 102 cm³/mol. The summed E-state index contributed by atoms with van der Waals surface area (Å²) in [4.78, 5) is 17.3. The summed E-state index contributed by atoms with van der Waals surface area (Å²) in [5.41, 5.74) is 3.04. The van der Waals surface area contributed by atoms with Gasteiger partial charge in [0.1, 0.15) is 15.5 Å². The molecule has 4 aromatic rings. The molecule has 4 rings (SSSR count). The second-order valence-electron chi connectivity index (χ2n) is 5.77. The number of thiazole rings is 1. The minimum Gasteiger partial charge on any atom is -0.493 e. The number of aryl methyl sites for hydroxylation is 1. The lowest BCUT2D eigenvalue weighted by Gasteiger charge is -2.04. The van der Waals surface area contributed by atoms with Gasteiger partial charge in [-0.3, -0.25) is 0 Å². The van der Waals surface area contributed by atoms with E-state index in [-0.39, 0.29) is 5.97 Å². The van der Waals surface area contributed by atoms with Gasteiger partial charge in [-0.1, -0.05) is 18.2 Å². The van der Waals surface area contributed by atoms with Gasteiger partial charge in [0, 0.05) is 16.3 Å². The van der Waals surface area contributed by atoms with Crippen molar-refractivity contribution in [3.63, 3.8) is 0 Å². The first kappa shape index (κ1) is 16.6. The third-order valence-corrected chi connectivity index (χ3v) is 5.37. The molecule has 5 nitrogen and oxygen atoms in total. The Hall–Kier alpha value is -2.86. The number of para-hydroxylation sites is 1. The molecule has 0 N–H and O–H groups in total. The van der Waals surface area contributed by atoms with Gasteiger partial charge in [0.05, 0.1) is 19.4 Å². The first-order valence-corrected chi connectivity index (χ1v) is 9.08. The number of carbonyl (C=O) groups excluding carboxylic acids is 1. The standard InChI is InChI=1S/C20H17NO4S/c1-4-24-20(22)18-11(2)21-19(26-18)13-9-10-15(23-3)17-16(13)12-7-5-6-8-14(12)25-17/h5-10H,4H2,1-3H3. The molecule has 0 atom stereocenters. The lowest BCUT2D eigenvalue weighted by atomic mass is 10.1. The van der Waals surface area contributed by atoms with Gasteiger partial charge >= 0.3 is 5.97 Å². The Morgan fingerprint density at radius 3 is 2.81 bits per heavy atom. The van der Waals surface area contributed by atoms with Crippen molar-refractivity contribution >= 4 is 39.2 Å². The van der Waals surface area contributed by atoms with E-state index >= 15 is 0 Å². The summed E-state index contributed by atoms with van der Waals surface area (Å²) in [5.74, 6) is 0.328. The zero-order valence-electron chi connectivity index (χ0n) is 14.7. The van der Waals surface area contributed by atoms with Crippen molar-refractivity contribution in [2.45, 2.75) is 13.8 Å². The monoisotopic (exact) mass is 367 g/mol. The van der Waals surface area contributed by atoms with Gasteiger partial charge in [0.25, 0.3) is 0 Å². The molecule has 0 unspecified atom stereocenters. The largest absolute Gasteiger partial charge is 0.493 e. The highest BCUT2D eigenvalue weighted by atomic mass is 32.1. The normalized spacial score (nSPS) is 11.2. The van der Waals surface area contributed by atoms with E-state index in [2.05, 4.69) is 4.98 Å². The van der Waals surface area contributed by atoms with Crippen LogP contribution < -0.4 is 4.74 Å². The SMILES string of the molecule is CCOC(=O)c1sc(-c2ccc(OC)c3oc4ccccc4c23)nc1C. The second-order valence-corrected chi connectivity index (χ2v) is 6.77. The Kier molecular flexibility index (Phi) is 4.12. The van der Waals surface area contributed by atoms with Gasteiger partial charge in [0.15, 0.2) is 11.3 Å². The number of ether oxygens (including phenoxy) is 2. The van der Waals surface area contributed by atoms with E-state index in [0.29, 0.717) is 28.5 Å². The maximum absolute atomic E-state index is 12.1. The molecule has 132 valence electrons. The van der Waals surface area contributed by atoms with Crippen molar-refractivity contribution in [1.82, 2.24) is 4.98 Å². The third-order valence-electron chi connectivity index (χ3n) is 4.20. The van der Waals surface area contributed by atoms with Gasteiger partial charge in [-0.25, -0.2) is 9.78 Å². The summed E-state index contributed by atoms with van der Waals surface area (Å²) >= 11 is 1.33. The number of fused-ring (bicyclic) bond motifs is 3. The molecule has 26 heavy (non-hydrogen) atoms. The van der Waals surface area contributed by atoms with Gasteiger partial charge in [-0.15, -0.1) is 11.3 Å². The van der Waals surface area contributed by atoms with Crippen LogP contribution >= 0.6 is 11.3 Å². The molecular formula is C20H17NO4S. The topological polar surface area (TPSA) is 61.6 Å². The molecule has 2 aromatic heterocycles. The third kappa shape index (κ3) is 2.54. The lowest BCUT2D eigenvalue weighted by Crippen LogP contribution is -2.03. The van der Waals surface area contributed by atoms with Crippen molar-refractivity contribution in [2.24, 2.45) is 0 Å². The number of nitrogens with zero attached hydrogens (tertiary/aromatic N) is 1. The molecule has 0 radical (unpaired) electrons. The van der Waals surface area contributed by atoms with Crippen LogP contribution in [0.4, 0.5) is 0 Å². The van der Waals surface area contributed by atoms with Crippen LogP contribution in [0.2, 0.25) is 0 Å². The van der Waals surface area contributed by atoms with Crippen LogP contribution in [-0.2, 0) is 4.74 Å². The fraction of sp³-hybridized carbons (Fsp3) is 0.200. The van der Waals surface area contributed by atoms with Crippen molar-refractivity contribution in [1.29, 1.82) is 0 Å². The fourth-order valence-corrected chi connectivity index (χ4v) is 4.03. The van der Waals surface area contributed by atoms with E-state index < -0.39 is 0 Å². The van der Waals surface area contributed by atoms with Crippen molar-refractivity contribution in [3.8, 4) is 16.3 Å². The van der Waals surface area contributed by atoms with Crippen LogP contribution in [-0.4, -0.2) is 24.7 Å². The second kappa shape index (κ2) is 6.46. The van der Waals surface area contributed by atoms with E-state index in [1.807, 2.05) is 43.3 Å². The van der Waals surface area contributed by atoms with Gasteiger partial charge < -0.3 is 13.9 Å². The maximum atomic E-state index is 12.1. The van der Waals surface area contributed by atoms with Crippen LogP contribution in [0.1, 0.15) is 22.3 Å². The van der Waals surface area contributed by atoms with Crippen LogP contribution in [0.25, 0.3) is 32.5 Å². The van der Waals surface area contributed by atoms with E-state index in [1.54, 1.807) is 14.0 Å². The summed E-state index contributed by atoms with van der Waals surface area (Å²) in [6.07, 6.45) is 0. The average molecular weight is 367 g/mol. The summed E-state index contributed by atoms with van der Waals surface area (Å²) in [6.45, 7) is 3.95. The molecule has 0 saturated heterocycles. The zero-order chi connectivity index (χ0) is 18.3. The molecular weight excluding hydrogens is 350 g/mol. The molecule has 0 saturated carbocycles. The number of aromatic nitrogens is 1. The number of carbonyl (C=O) groups is 1. The predicted octanol–water partition coefficient (Wildman–Crippen LogP) is 5.20. The quantitative estimate of drug-likeness (QED) is 0.464. The molecule has 0 bridgehead atoms. The number of hydrogen-bond donors (Lipinski definition) is 0. The number of furan rings is 1. The first-order chi connectivity index (χ1) is 12.6. The minimum absolute atomic E-state index is 0.337. The highest BCUT2D eigenvalue weighted by Crippen LogP contribution is 2.42. The van der Waals surface area contributed by atoms with E-state index in [4.69, 9.17) is 13.9 Å². The Bertz CT molecular complexity index is 1130. The van der Waals surface area contributed by atoms with Crippen LogP contribution in [0.3, 0.4) is 0 Å². The highest BCUT2D eigenvalue weighted by Gasteiger charge is 2.21. The Labute approximate surface area is 154 Å². The summed E-state index contributed by atoms with van der Waals surface area (Å²) < 4.78 is 16.6. The van der Waals surface area contributed by atoms with Crippen LogP contribution in [0.15, 0.2) is 40.8 Å². The highest BCUT2D eigenvalue weighted by molar-refractivity contribution is 7.17. The summed E-state index contributed by atoms with van der Waals surface area (Å²) in [5, 5.41) is 2.68. The van der Waals surface area contributed by atoms with Crippen LogP contribution in [0.5, 0.6) is 5.75 Å². The van der Waals surface area contributed by atoms with Crippen molar-refractivity contribution in [2.75, 3.05) is 13.7 Å². The summed E-state index contributed by atoms with van der Waals surface area (Å²) in [6, 6.07) is 11.7. The molecule has 0 aliphatic rings. The number of hydrogen-bond acceptors (Lipinski definition) is 6. The van der Waals surface area contributed by atoms with Gasteiger partial charge in [-0.2, -0.15) is 0 Å². The molecule has 2 aromatic carbocycles. The Balaban J connectivity index is 1.98. The zero-order valence-corrected chi connectivity index (χ0v) is 15.5. The van der Waals surface area contributed by atoms with Gasteiger partial charge in [-0.05, 0) is 32.0 Å². The molecule has 0 amide bonds. The first-order valence-electron chi connectivity index (χ1n) is 8.27.